The predicted molar refractivity (Wildman–Crippen MR) is 87.3 cm³/mol. The molecule has 0 saturated carbocycles. The molecule has 0 saturated heterocycles. The van der Waals surface area contributed by atoms with E-state index in [9.17, 15) is 0 Å². The van der Waals surface area contributed by atoms with Crippen molar-refractivity contribution in [2.45, 2.75) is 74.1 Å². The van der Waals surface area contributed by atoms with Crippen molar-refractivity contribution in [1.29, 1.82) is 0 Å². The molecule has 0 aromatic rings. The van der Waals surface area contributed by atoms with Crippen LogP contribution in [0.5, 0.6) is 0 Å². The Balaban J connectivity index is 2.46. The van der Waals surface area contributed by atoms with Gasteiger partial charge in [0.25, 0.3) is 0 Å². The second-order valence-corrected chi connectivity index (χ2v) is 6.66. The predicted octanol–water partition coefficient (Wildman–Crippen LogP) is 6.45. The summed E-state index contributed by atoms with van der Waals surface area (Å²) in [7, 11) is 0. The molecule has 108 valence electrons. The molecule has 0 spiro atoms. The number of hydrogen-bond acceptors (Lipinski definition) is 0. The van der Waals surface area contributed by atoms with Crippen molar-refractivity contribution in [3.05, 3.63) is 33.9 Å². The molecule has 19 heavy (non-hydrogen) atoms. The molecule has 0 heteroatoms. The van der Waals surface area contributed by atoms with Crippen molar-refractivity contribution in [1.82, 2.24) is 0 Å². The van der Waals surface area contributed by atoms with E-state index in [1.165, 1.54) is 25.7 Å². The van der Waals surface area contributed by atoms with Crippen LogP contribution in [0.4, 0.5) is 0 Å². The van der Waals surface area contributed by atoms with Crippen LogP contribution in [0, 0.1) is 11.8 Å². The molecule has 1 rings (SSSR count). The van der Waals surface area contributed by atoms with E-state index in [4.69, 9.17) is 0 Å². The first kappa shape index (κ1) is 16.3. The van der Waals surface area contributed by atoms with Crippen LogP contribution in [-0.2, 0) is 0 Å². The largest absolute Gasteiger partial charge is 0.0769 e. The van der Waals surface area contributed by atoms with Gasteiger partial charge in [-0.05, 0) is 52.9 Å². The Morgan fingerprint density at radius 1 is 1.05 bits per heavy atom. The highest BCUT2D eigenvalue weighted by molar-refractivity contribution is 5.36. The van der Waals surface area contributed by atoms with Crippen LogP contribution in [0.2, 0.25) is 0 Å². The minimum absolute atomic E-state index is 0.686. The fourth-order valence-electron chi connectivity index (χ4n) is 2.62. The summed E-state index contributed by atoms with van der Waals surface area (Å²) < 4.78 is 0. The van der Waals surface area contributed by atoms with Crippen LogP contribution in [0.1, 0.15) is 74.1 Å². The SMILES string of the molecule is CCCC(C)=C(C)CC1C=C1CC(C)=C(C)C(C)C. The molecule has 0 fully saturated rings. The van der Waals surface area contributed by atoms with Gasteiger partial charge >= 0.3 is 0 Å². The van der Waals surface area contributed by atoms with Crippen molar-refractivity contribution >= 4 is 0 Å². The number of hydrogen-bond donors (Lipinski definition) is 0. The Morgan fingerprint density at radius 3 is 2.21 bits per heavy atom. The molecule has 0 radical (unpaired) electrons. The van der Waals surface area contributed by atoms with Gasteiger partial charge in [-0.2, -0.15) is 0 Å². The molecular weight excluding hydrogens is 228 g/mol. The third kappa shape index (κ3) is 5.01. The lowest BCUT2D eigenvalue weighted by molar-refractivity contribution is 0.744. The molecule has 1 unspecified atom stereocenters. The van der Waals surface area contributed by atoms with Gasteiger partial charge in [-0.25, -0.2) is 0 Å². The minimum atomic E-state index is 0.686. The Morgan fingerprint density at radius 2 is 1.68 bits per heavy atom. The number of rotatable bonds is 7. The monoisotopic (exact) mass is 260 g/mol. The smallest absolute Gasteiger partial charge is 0.00203 e. The van der Waals surface area contributed by atoms with Crippen molar-refractivity contribution in [2.24, 2.45) is 11.8 Å². The van der Waals surface area contributed by atoms with E-state index in [0.717, 1.165) is 5.92 Å². The lowest BCUT2D eigenvalue weighted by atomic mass is 9.95. The fourth-order valence-corrected chi connectivity index (χ4v) is 2.62. The normalized spacial score (nSPS) is 21.1. The fraction of sp³-hybridized carbons (Fsp3) is 0.684. The summed E-state index contributed by atoms with van der Waals surface area (Å²) in [5, 5.41) is 0. The van der Waals surface area contributed by atoms with Gasteiger partial charge in [0.2, 0.25) is 0 Å². The van der Waals surface area contributed by atoms with Gasteiger partial charge in [-0.3, -0.25) is 0 Å². The molecule has 0 aromatic heterocycles. The second kappa shape index (κ2) is 7.12. The van der Waals surface area contributed by atoms with Crippen LogP contribution < -0.4 is 0 Å². The maximum atomic E-state index is 2.47. The lowest BCUT2D eigenvalue weighted by Gasteiger charge is -2.11. The molecule has 0 aromatic carbocycles. The number of allylic oxidation sites excluding steroid dienone is 6. The van der Waals surface area contributed by atoms with Gasteiger partial charge in [-0.1, -0.05) is 61.1 Å². The quantitative estimate of drug-likeness (QED) is 0.461. The summed E-state index contributed by atoms with van der Waals surface area (Å²) in [5.74, 6) is 1.45. The Bertz CT molecular complexity index is 402. The van der Waals surface area contributed by atoms with Gasteiger partial charge < -0.3 is 0 Å². The zero-order chi connectivity index (χ0) is 14.6. The zero-order valence-electron chi connectivity index (χ0n) is 14.1. The topological polar surface area (TPSA) is 0 Å². The van der Waals surface area contributed by atoms with Crippen molar-refractivity contribution < 1.29 is 0 Å². The summed E-state index contributed by atoms with van der Waals surface area (Å²) in [6, 6.07) is 0. The van der Waals surface area contributed by atoms with Crippen molar-refractivity contribution in [2.75, 3.05) is 0 Å². The van der Waals surface area contributed by atoms with Gasteiger partial charge in [0.05, 0.1) is 0 Å². The van der Waals surface area contributed by atoms with E-state index in [0.29, 0.717) is 5.92 Å². The average Bonchev–Trinajstić information content (AvgIpc) is 3.05. The van der Waals surface area contributed by atoms with Crippen LogP contribution >= 0.6 is 0 Å². The van der Waals surface area contributed by atoms with Crippen LogP contribution in [0.15, 0.2) is 33.9 Å². The Labute approximate surface area is 120 Å². The minimum Gasteiger partial charge on any atom is -0.0769 e. The Hall–Kier alpha value is -0.780. The van der Waals surface area contributed by atoms with Gasteiger partial charge in [0.15, 0.2) is 0 Å². The summed E-state index contributed by atoms with van der Waals surface area (Å²) in [4.78, 5) is 0. The molecule has 0 bridgehead atoms. The van der Waals surface area contributed by atoms with E-state index < -0.39 is 0 Å². The highest BCUT2D eigenvalue weighted by Crippen LogP contribution is 2.40. The second-order valence-electron chi connectivity index (χ2n) is 6.66. The summed E-state index contributed by atoms with van der Waals surface area (Å²) in [6.45, 7) is 16.1. The third-order valence-electron chi connectivity index (χ3n) is 4.67. The highest BCUT2D eigenvalue weighted by atomic mass is 14.3. The van der Waals surface area contributed by atoms with Gasteiger partial charge in [0, 0.05) is 5.92 Å². The maximum Gasteiger partial charge on any atom is 0.00203 e. The van der Waals surface area contributed by atoms with Gasteiger partial charge in [0.1, 0.15) is 0 Å². The van der Waals surface area contributed by atoms with E-state index in [-0.39, 0.29) is 0 Å². The lowest BCUT2D eigenvalue weighted by Crippen LogP contribution is -1.95. The molecule has 1 aliphatic carbocycles. The standard InChI is InChI=1S/C19H32/c1-8-9-14(4)15(5)10-18-12-19(18)11-16(6)17(7)13(2)3/h12-13,18H,8-11H2,1-7H3. The molecule has 1 aliphatic rings. The molecule has 0 amide bonds. The first-order chi connectivity index (χ1) is 8.86. The molecule has 0 heterocycles. The molecule has 0 nitrogen and oxygen atoms in total. The van der Waals surface area contributed by atoms with Crippen molar-refractivity contribution in [3.8, 4) is 0 Å². The van der Waals surface area contributed by atoms with E-state index >= 15 is 0 Å². The molecular formula is C19H32. The first-order valence-electron chi connectivity index (χ1n) is 7.88. The van der Waals surface area contributed by atoms with Crippen LogP contribution in [0.25, 0.3) is 0 Å². The first-order valence-corrected chi connectivity index (χ1v) is 7.88. The van der Waals surface area contributed by atoms with Crippen LogP contribution in [-0.4, -0.2) is 0 Å². The summed E-state index contributed by atoms with van der Waals surface area (Å²) in [5.41, 5.74) is 8.03. The van der Waals surface area contributed by atoms with E-state index in [1.807, 2.05) is 0 Å². The molecule has 0 aliphatic heterocycles. The Kier molecular flexibility index (Phi) is 6.10. The van der Waals surface area contributed by atoms with E-state index in [1.54, 1.807) is 27.9 Å². The van der Waals surface area contributed by atoms with Crippen LogP contribution in [0.3, 0.4) is 0 Å². The molecule has 0 N–H and O–H groups in total. The maximum absolute atomic E-state index is 2.47. The third-order valence-corrected chi connectivity index (χ3v) is 4.67. The summed E-state index contributed by atoms with van der Waals surface area (Å²) >= 11 is 0. The highest BCUT2D eigenvalue weighted by Gasteiger charge is 2.25. The average molecular weight is 260 g/mol. The zero-order valence-corrected chi connectivity index (χ0v) is 14.1. The molecule has 1 atom stereocenters. The van der Waals surface area contributed by atoms with E-state index in [2.05, 4.69) is 54.5 Å². The van der Waals surface area contributed by atoms with Gasteiger partial charge in [-0.15, -0.1) is 0 Å². The summed E-state index contributed by atoms with van der Waals surface area (Å²) in [6.07, 6.45) is 7.46. The van der Waals surface area contributed by atoms with Crippen molar-refractivity contribution in [3.63, 3.8) is 0 Å².